The molecule has 0 aromatic rings. The molecule has 0 spiro atoms. The van der Waals surface area contributed by atoms with Gasteiger partial charge in [0.05, 0.1) is 12.7 Å². The number of rotatable bonds is 3. The van der Waals surface area contributed by atoms with Gasteiger partial charge in [-0.25, -0.2) is 0 Å². The van der Waals surface area contributed by atoms with Gasteiger partial charge in [0, 0.05) is 0 Å². The summed E-state index contributed by atoms with van der Waals surface area (Å²) in [5, 5.41) is 67.6. The van der Waals surface area contributed by atoms with Gasteiger partial charge in [-0.05, 0) is 6.92 Å². The maximum atomic E-state index is 9.96. The molecule has 2 rings (SSSR count). The predicted molar refractivity (Wildman–Crippen MR) is 67.2 cm³/mol. The number of hydrogen-bond donors (Lipinski definition) is 7. The summed E-state index contributed by atoms with van der Waals surface area (Å²) in [6.07, 6.45) is -14.3. The Bertz CT molecular complexity index is 352. The van der Waals surface area contributed by atoms with E-state index in [0.717, 1.165) is 0 Å². The van der Waals surface area contributed by atoms with Crippen LogP contribution >= 0.6 is 0 Å². The van der Waals surface area contributed by atoms with Crippen LogP contribution in [0.5, 0.6) is 0 Å². The van der Waals surface area contributed by atoms with Crippen molar-refractivity contribution in [2.24, 2.45) is 0 Å². The molecule has 10 atom stereocenters. The first-order chi connectivity index (χ1) is 10.3. The van der Waals surface area contributed by atoms with Gasteiger partial charge in [0.1, 0.15) is 42.7 Å². The molecule has 10 heteroatoms. The van der Waals surface area contributed by atoms with Crippen LogP contribution in [0.3, 0.4) is 0 Å². The summed E-state index contributed by atoms with van der Waals surface area (Å²) in [6.45, 7) is 0.812. The Morgan fingerprint density at radius 3 is 2.05 bits per heavy atom. The summed E-state index contributed by atoms with van der Waals surface area (Å²) < 4.78 is 15.3. The van der Waals surface area contributed by atoms with Crippen molar-refractivity contribution in [2.45, 2.75) is 68.3 Å². The van der Waals surface area contributed by atoms with Crippen molar-refractivity contribution in [2.75, 3.05) is 6.61 Å². The Balaban J connectivity index is 2.10. The third-order valence-electron chi connectivity index (χ3n) is 3.94. The molecule has 0 aliphatic carbocycles. The first-order valence-electron chi connectivity index (χ1n) is 6.93. The first-order valence-corrected chi connectivity index (χ1v) is 6.93. The van der Waals surface area contributed by atoms with Crippen molar-refractivity contribution in [3.63, 3.8) is 0 Å². The van der Waals surface area contributed by atoms with E-state index in [2.05, 4.69) is 0 Å². The highest BCUT2D eigenvalue weighted by atomic mass is 16.7. The van der Waals surface area contributed by atoms with Gasteiger partial charge < -0.3 is 50.0 Å². The molecule has 0 radical (unpaired) electrons. The second-order valence-electron chi connectivity index (χ2n) is 5.51. The van der Waals surface area contributed by atoms with Crippen LogP contribution in [0.15, 0.2) is 0 Å². The molecule has 130 valence electrons. The molecule has 7 N–H and O–H groups in total. The molecule has 0 aromatic carbocycles. The highest BCUT2D eigenvalue weighted by molar-refractivity contribution is 4.92. The van der Waals surface area contributed by atoms with Gasteiger partial charge in [0.25, 0.3) is 0 Å². The zero-order valence-corrected chi connectivity index (χ0v) is 11.8. The van der Waals surface area contributed by atoms with E-state index in [4.69, 9.17) is 19.3 Å². The Morgan fingerprint density at radius 2 is 1.45 bits per heavy atom. The normalized spacial score (nSPS) is 53.5. The molecule has 2 saturated heterocycles. The standard InChI is InChI=1S/C12H22O10/c1-3-5(14)10(9(18)11(19)20-3)22-12-8(17)7(16)6(15)4(2-13)21-12/h3-19H,2H2,1H3/t3-,4+,5-,6+,7-,8+,9+,10+,11+,12-/m0/s1. The molecule has 2 heterocycles. The van der Waals surface area contributed by atoms with E-state index in [9.17, 15) is 30.6 Å². The average molecular weight is 326 g/mol. The fourth-order valence-electron chi connectivity index (χ4n) is 2.51. The SMILES string of the molecule is C[C@@H]1O[C@@H](O)[C@H](O)[C@H](O[C@@H]2O[C@H](CO)[C@@H](O)[C@H](O)[C@H]2O)[C@H]1O. The first kappa shape index (κ1) is 17.9. The van der Waals surface area contributed by atoms with E-state index >= 15 is 0 Å². The Hall–Kier alpha value is -0.400. The zero-order valence-electron chi connectivity index (χ0n) is 11.8. The Labute approximate surface area is 126 Å². The third kappa shape index (κ3) is 3.26. The van der Waals surface area contributed by atoms with Crippen LogP contribution in [-0.4, -0.2) is 104 Å². The van der Waals surface area contributed by atoms with Crippen LogP contribution < -0.4 is 0 Å². The van der Waals surface area contributed by atoms with E-state index in [0.29, 0.717) is 0 Å². The molecular formula is C12H22O10. The molecule has 10 nitrogen and oxygen atoms in total. The van der Waals surface area contributed by atoms with Crippen molar-refractivity contribution in [1.82, 2.24) is 0 Å². The minimum atomic E-state index is -1.67. The van der Waals surface area contributed by atoms with Gasteiger partial charge in [-0.3, -0.25) is 0 Å². The van der Waals surface area contributed by atoms with Gasteiger partial charge in [-0.2, -0.15) is 0 Å². The average Bonchev–Trinajstić information content (AvgIpc) is 2.49. The van der Waals surface area contributed by atoms with Crippen molar-refractivity contribution < 1.29 is 50.0 Å². The number of aliphatic hydroxyl groups excluding tert-OH is 7. The lowest BCUT2D eigenvalue weighted by Gasteiger charge is -2.44. The molecule has 2 aliphatic rings. The van der Waals surface area contributed by atoms with Gasteiger partial charge in [0.2, 0.25) is 0 Å². The zero-order chi connectivity index (χ0) is 16.6. The summed E-state index contributed by atoms with van der Waals surface area (Å²) >= 11 is 0. The molecule has 22 heavy (non-hydrogen) atoms. The maximum Gasteiger partial charge on any atom is 0.187 e. The van der Waals surface area contributed by atoms with Crippen LogP contribution in [-0.2, 0) is 14.2 Å². The lowest BCUT2D eigenvalue weighted by Crippen LogP contribution is -2.63. The van der Waals surface area contributed by atoms with E-state index < -0.39 is 68.0 Å². The van der Waals surface area contributed by atoms with Crippen LogP contribution in [0.1, 0.15) is 6.92 Å². The van der Waals surface area contributed by atoms with Gasteiger partial charge in [0.15, 0.2) is 12.6 Å². The molecule has 0 saturated carbocycles. The van der Waals surface area contributed by atoms with Crippen molar-refractivity contribution in [1.29, 1.82) is 0 Å². The molecule has 0 amide bonds. The van der Waals surface area contributed by atoms with Crippen LogP contribution in [0.4, 0.5) is 0 Å². The summed E-state index contributed by atoms with van der Waals surface area (Å²) in [6, 6.07) is 0. The third-order valence-corrected chi connectivity index (χ3v) is 3.94. The second-order valence-corrected chi connectivity index (χ2v) is 5.51. The van der Waals surface area contributed by atoms with E-state index in [1.54, 1.807) is 0 Å². The Morgan fingerprint density at radius 1 is 0.818 bits per heavy atom. The summed E-state index contributed by atoms with van der Waals surface area (Å²) in [5.41, 5.74) is 0. The monoisotopic (exact) mass is 326 g/mol. The fraction of sp³-hybridized carbons (Fsp3) is 1.00. The fourth-order valence-corrected chi connectivity index (χ4v) is 2.51. The number of aliphatic hydroxyl groups is 7. The molecule has 0 aromatic heterocycles. The lowest BCUT2D eigenvalue weighted by molar-refractivity contribution is -0.353. The van der Waals surface area contributed by atoms with E-state index in [1.165, 1.54) is 6.92 Å². The molecular weight excluding hydrogens is 304 g/mol. The second kappa shape index (κ2) is 7.01. The van der Waals surface area contributed by atoms with Crippen molar-refractivity contribution in [3.05, 3.63) is 0 Å². The van der Waals surface area contributed by atoms with Crippen molar-refractivity contribution >= 4 is 0 Å². The summed E-state index contributed by atoms with van der Waals surface area (Å²) in [5.74, 6) is 0. The highest BCUT2D eigenvalue weighted by Gasteiger charge is 2.49. The highest BCUT2D eigenvalue weighted by Crippen LogP contribution is 2.28. The van der Waals surface area contributed by atoms with Crippen molar-refractivity contribution in [3.8, 4) is 0 Å². The van der Waals surface area contributed by atoms with Gasteiger partial charge in [-0.15, -0.1) is 0 Å². The van der Waals surface area contributed by atoms with Gasteiger partial charge in [-0.1, -0.05) is 0 Å². The predicted octanol–water partition coefficient (Wildman–Crippen LogP) is -4.37. The topological polar surface area (TPSA) is 169 Å². The number of ether oxygens (including phenoxy) is 3. The summed E-state index contributed by atoms with van der Waals surface area (Å²) in [4.78, 5) is 0. The minimum Gasteiger partial charge on any atom is -0.394 e. The molecule has 0 unspecified atom stereocenters. The number of hydrogen-bond acceptors (Lipinski definition) is 10. The smallest absolute Gasteiger partial charge is 0.187 e. The van der Waals surface area contributed by atoms with Crippen LogP contribution in [0.2, 0.25) is 0 Å². The quantitative estimate of drug-likeness (QED) is 0.269. The van der Waals surface area contributed by atoms with E-state index in [-0.39, 0.29) is 0 Å². The van der Waals surface area contributed by atoms with Crippen LogP contribution in [0.25, 0.3) is 0 Å². The van der Waals surface area contributed by atoms with E-state index in [1.807, 2.05) is 0 Å². The van der Waals surface area contributed by atoms with Gasteiger partial charge >= 0.3 is 0 Å². The lowest BCUT2D eigenvalue weighted by atomic mass is 9.97. The molecule has 0 bridgehead atoms. The van der Waals surface area contributed by atoms with Crippen LogP contribution in [0, 0.1) is 0 Å². The minimum absolute atomic E-state index is 0.636. The molecule has 2 fully saturated rings. The summed E-state index contributed by atoms with van der Waals surface area (Å²) in [7, 11) is 0. The largest absolute Gasteiger partial charge is 0.394 e. The maximum absolute atomic E-state index is 9.96. The Kier molecular flexibility index (Phi) is 5.72. The molecule has 2 aliphatic heterocycles.